The summed E-state index contributed by atoms with van der Waals surface area (Å²) in [4.78, 5) is 22.9. The number of hydrogen-bond acceptors (Lipinski definition) is 3. The molecule has 2 rings (SSSR count). The summed E-state index contributed by atoms with van der Waals surface area (Å²) in [6.07, 6.45) is 1.76. The Morgan fingerprint density at radius 1 is 1.29 bits per heavy atom. The van der Waals surface area contributed by atoms with Gasteiger partial charge in [0.15, 0.2) is 5.82 Å². The molecule has 0 saturated heterocycles. The van der Waals surface area contributed by atoms with E-state index in [0.717, 1.165) is 11.3 Å². The lowest BCUT2D eigenvalue weighted by molar-refractivity contribution is 0.811. The summed E-state index contributed by atoms with van der Waals surface area (Å²) in [7, 11) is 0. The van der Waals surface area contributed by atoms with E-state index < -0.39 is 0 Å². The molecule has 0 aliphatic heterocycles. The van der Waals surface area contributed by atoms with E-state index in [1.807, 2.05) is 32.9 Å². The molecule has 2 aromatic heterocycles. The van der Waals surface area contributed by atoms with Crippen LogP contribution in [0.15, 0.2) is 29.2 Å². The van der Waals surface area contributed by atoms with Crippen molar-refractivity contribution in [1.29, 1.82) is 0 Å². The fraction of sp³-hybridized carbons (Fsp3) is 0.308. The Labute approximate surface area is 99.8 Å². The largest absolute Gasteiger partial charge is 0.305 e. The lowest BCUT2D eigenvalue weighted by Crippen LogP contribution is -2.11. The van der Waals surface area contributed by atoms with Crippen molar-refractivity contribution in [3.8, 4) is 11.5 Å². The van der Waals surface area contributed by atoms with Crippen LogP contribution in [0.3, 0.4) is 0 Å². The third kappa shape index (κ3) is 2.58. The average molecular weight is 229 g/mol. The molecule has 4 nitrogen and oxygen atoms in total. The highest BCUT2D eigenvalue weighted by Crippen LogP contribution is 2.14. The van der Waals surface area contributed by atoms with Crippen molar-refractivity contribution in [2.75, 3.05) is 0 Å². The third-order valence-corrected chi connectivity index (χ3v) is 2.51. The van der Waals surface area contributed by atoms with Gasteiger partial charge in [-0.25, -0.2) is 4.98 Å². The average Bonchev–Trinajstić information content (AvgIpc) is 2.29. The first-order chi connectivity index (χ1) is 8.06. The molecule has 0 aliphatic rings. The zero-order valence-electron chi connectivity index (χ0n) is 10.2. The summed E-state index contributed by atoms with van der Waals surface area (Å²) in [5.41, 5.74) is 2.42. The van der Waals surface area contributed by atoms with Crippen LogP contribution in [-0.2, 0) is 0 Å². The fourth-order valence-corrected chi connectivity index (χ4v) is 1.50. The van der Waals surface area contributed by atoms with Gasteiger partial charge in [0.25, 0.3) is 5.56 Å². The van der Waals surface area contributed by atoms with Crippen LogP contribution in [0.5, 0.6) is 0 Å². The van der Waals surface area contributed by atoms with Crippen molar-refractivity contribution < 1.29 is 0 Å². The van der Waals surface area contributed by atoms with E-state index in [2.05, 4.69) is 15.0 Å². The molecule has 0 bridgehead atoms. The first-order valence-electron chi connectivity index (χ1n) is 5.60. The molecule has 2 aromatic rings. The van der Waals surface area contributed by atoms with E-state index in [1.165, 1.54) is 6.07 Å². The normalized spacial score (nSPS) is 10.8. The molecule has 17 heavy (non-hydrogen) atoms. The van der Waals surface area contributed by atoms with Gasteiger partial charge in [0.2, 0.25) is 0 Å². The van der Waals surface area contributed by atoms with Crippen LogP contribution in [0.1, 0.15) is 31.0 Å². The molecule has 88 valence electrons. The smallest absolute Gasteiger partial charge is 0.251 e. The quantitative estimate of drug-likeness (QED) is 0.859. The number of rotatable bonds is 2. The van der Waals surface area contributed by atoms with Gasteiger partial charge in [0.05, 0.1) is 5.69 Å². The Morgan fingerprint density at radius 2 is 2.06 bits per heavy atom. The maximum absolute atomic E-state index is 11.5. The minimum atomic E-state index is -0.138. The summed E-state index contributed by atoms with van der Waals surface area (Å²) >= 11 is 0. The molecule has 2 heterocycles. The number of H-pyrrole nitrogens is 1. The molecule has 1 N–H and O–H groups in total. The monoisotopic (exact) mass is 229 g/mol. The molecule has 0 spiro atoms. The van der Waals surface area contributed by atoms with Crippen LogP contribution in [0, 0.1) is 6.92 Å². The standard InChI is InChI=1S/C13H15N3O/c1-8(2)11-6-12(17)16-13(15-11)10-5-4-9(3)7-14-10/h4-8H,1-3H3,(H,15,16,17). The van der Waals surface area contributed by atoms with Crippen molar-refractivity contribution in [2.45, 2.75) is 26.7 Å². The van der Waals surface area contributed by atoms with E-state index in [0.29, 0.717) is 11.5 Å². The second kappa shape index (κ2) is 4.49. The van der Waals surface area contributed by atoms with Crippen LogP contribution < -0.4 is 5.56 Å². The Balaban J connectivity index is 2.52. The van der Waals surface area contributed by atoms with Crippen molar-refractivity contribution in [3.63, 3.8) is 0 Å². The molecule has 0 radical (unpaired) electrons. The molecule has 0 saturated carbocycles. The SMILES string of the molecule is Cc1ccc(-c2nc(C(C)C)cc(=O)[nH]2)nc1. The Morgan fingerprint density at radius 3 is 2.65 bits per heavy atom. The predicted molar refractivity (Wildman–Crippen MR) is 66.9 cm³/mol. The van der Waals surface area contributed by atoms with Gasteiger partial charge >= 0.3 is 0 Å². The zero-order chi connectivity index (χ0) is 12.4. The number of aromatic amines is 1. The van der Waals surface area contributed by atoms with Crippen LogP contribution in [0.2, 0.25) is 0 Å². The van der Waals surface area contributed by atoms with Crippen LogP contribution in [-0.4, -0.2) is 15.0 Å². The highest BCUT2D eigenvalue weighted by atomic mass is 16.1. The second-order valence-corrected chi connectivity index (χ2v) is 4.39. The predicted octanol–water partition coefficient (Wildman–Crippen LogP) is 2.26. The third-order valence-electron chi connectivity index (χ3n) is 2.51. The summed E-state index contributed by atoms with van der Waals surface area (Å²) in [5, 5.41) is 0. The maximum Gasteiger partial charge on any atom is 0.251 e. The summed E-state index contributed by atoms with van der Waals surface area (Å²) in [6.45, 7) is 5.99. The molecule has 0 aliphatic carbocycles. The molecule has 0 amide bonds. The lowest BCUT2D eigenvalue weighted by atomic mass is 10.1. The maximum atomic E-state index is 11.5. The molecule has 0 aromatic carbocycles. The molecular weight excluding hydrogens is 214 g/mol. The van der Waals surface area contributed by atoms with Crippen molar-refractivity contribution in [1.82, 2.24) is 15.0 Å². The first-order valence-corrected chi connectivity index (χ1v) is 5.60. The van der Waals surface area contributed by atoms with Crippen LogP contribution in [0.4, 0.5) is 0 Å². The minimum Gasteiger partial charge on any atom is -0.305 e. The van der Waals surface area contributed by atoms with Crippen molar-refractivity contribution in [2.24, 2.45) is 0 Å². The van der Waals surface area contributed by atoms with E-state index in [-0.39, 0.29) is 11.5 Å². The molecule has 4 heteroatoms. The number of nitrogens with zero attached hydrogens (tertiary/aromatic N) is 2. The van der Waals surface area contributed by atoms with Gasteiger partial charge in [-0.15, -0.1) is 0 Å². The summed E-state index contributed by atoms with van der Waals surface area (Å²) < 4.78 is 0. The lowest BCUT2D eigenvalue weighted by Gasteiger charge is -2.06. The number of aryl methyl sites for hydroxylation is 1. The Kier molecular flexibility index (Phi) is 3.04. The van der Waals surface area contributed by atoms with Gasteiger partial charge in [-0.05, 0) is 24.5 Å². The van der Waals surface area contributed by atoms with Gasteiger partial charge in [-0.1, -0.05) is 19.9 Å². The first kappa shape index (κ1) is 11.5. The van der Waals surface area contributed by atoms with Crippen LogP contribution in [0.25, 0.3) is 11.5 Å². The molecule has 0 fully saturated rings. The van der Waals surface area contributed by atoms with Gasteiger partial charge < -0.3 is 4.98 Å². The second-order valence-electron chi connectivity index (χ2n) is 4.39. The Hall–Kier alpha value is -1.97. The zero-order valence-corrected chi connectivity index (χ0v) is 10.2. The molecule has 0 atom stereocenters. The van der Waals surface area contributed by atoms with E-state index in [9.17, 15) is 4.79 Å². The number of nitrogens with one attached hydrogen (secondary N) is 1. The Bertz CT molecular complexity index is 570. The minimum absolute atomic E-state index is 0.138. The molecule has 0 unspecified atom stereocenters. The summed E-state index contributed by atoms with van der Waals surface area (Å²) in [5.74, 6) is 0.752. The number of aromatic nitrogens is 3. The fourth-order valence-electron chi connectivity index (χ4n) is 1.50. The van der Waals surface area contributed by atoms with Gasteiger partial charge in [0, 0.05) is 12.3 Å². The number of pyridine rings is 1. The van der Waals surface area contributed by atoms with Crippen LogP contribution >= 0.6 is 0 Å². The summed E-state index contributed by atoms with van der Waals surface area (Å²) in [6, 6.07) is 5.34. The van der Waals surface area contributed by atoms with E-state index in [1.54, 1.807) is 6.20 Å². The van der Waals surface area contributed by atoms with E-state index in [4.69, 9.17) is 0 Å². The van der Waals surface area contributed by atoms with Crippen molar-refractivity contribution in [3.05, 3.63) is 46.0 Å². The van der Waals surface area contributed by atoms with Gasteiger partial charge in [-0.3, -0.25) is 9.78 Å². The van der Waals surface area contributed by atoms with Gasteiger partial charge in [0.1, 0.15) is 5.69 Å². The molecular formula is C13H15N3O. The van der Waals surface area contributed by atoms with E-state index >= 15 is 0 Å². The highest BCUT2D eigenvalue weighted by Gasteiger charge is 2.07. The topological polar surface area (TPSA) is 58.6 Å². The highest BCUT2D eigenvalue weighted by molar-refractivity contribution is 5.48. The van der Waals surface area contributed by atoms with Gasteiger partial charge in [-0.2, -0.15) is 0 Å². The number of hydrogen-bond donors (Lipinski definition) is 1. The van der Waals surface area contributed by atoms with Crippen molar-refractivity contribution >= 4 is 0 Å².